The topological polar surface area (TPSA) is 64.5 Å². The Balaban J connectivity index is 1.66. The van der Waals surface area contributed by atoms with Crippen LogP contribution in [-0.2, 0) is 9.47 Å². The maximum atomic E-state index is 12.3. The first kappa shape index (κ1) is 19.7. The maximum Gasteiger partial charge on any atom is 0.357 e. The van der Waals surface area contributed by atoms with Crippen molar-refractivity contribution in [3.63, 3.8) is 0 Å². The standard InChI is InChI=1S/C20H24ClN3O3/c1-14(2)16-11-15(3-4-17(16)21)18-12-19(23-13-22-18)20(25)27-10-7-24-5-8-26-9-6-24/h3-4,11-14H,5-10H2,1-2H3. The van der Waals surface area contributed by atoms with Crippen molar-refractivity contribution in [3.8, 4) is 11.3 Å². The molecule has 2 aromatic rings. The van der Waals surface area contributed by atoms with Gasteiger partial charge in [-0.3, -0.25) is 4.90 Å². The van der Waals surface area contributed by atoms with E-state index in [-0.39, 0.29) is 5.69 Å². The summed E-state index contributed by atoms with van der Waals surface area (Å²) in [5, 5.41) is 0.727. The third kappa shape index (κ3) is 5.25. The van der Waals surface area contributed by atoms with Gasteiger partial charge in [0.15, 0.2) is 5.69 Å². The molecule has 7 heteroatoms. The van der Waals surface area contributed by atoms with Crippen LogP contribution >= 0.6 is 11.6 Å². The van der Waals surface area contributed by atoms with E-state index in [1.54, 1.807) is 6.07 Å². The highest BCUT2D eigenvalue weighted by atomic mass is 35.5. The summed E-state index contributed by atoms with van der Waals surface area (Å²) < 4.78 is 10.7. The number of aromatic nitrogens is 2. The zero-order valence-electron chi connectivity index (χ0n) is 15.7. The predicted molar refractivity (Wildman–Crippen MR) is 104 cm³/mol. The SMILES string of the molecule is CC(C)c1cc(-c2cc(C(=O)OCCN3CCOCC3)ncn2)ccc1Cl. The van der Waals surface area contributed by atoms with E-state index in [9.17, 15) is 4.79 Å². The van der Waals surface area contributed by atoms with Gasteiger partial charge in [0.2, 0.25) is 0 Å². The van der Waals surface area contributed by atoms with Crippen LogP contribution in [0.5, 0.6) is 0 Å². The molecule has 0 bridgehead atoms. The Labute approximate surface area is 164 Å². The molecule has 0 atom stereocenters. The van der Waals surface area contributed by atoms with Gasteiger partial charge in [-0.05, 0) is 29.7 Å². The van der Waals surface area contributed by atoms with Crippen molar-refractivity contribution >= 4 is 17.6 Å². The molecule has 6 nitrogen and oxygen atoms in total. The molecule has 0 N–H and O–H groups in total. The minimum atomic E-state index is -0.440. The van der Waals surface area contributed by atoms with Gasteiger partial charge in [-0.1, -0.05) is 31.5 Å². The van der Waals surface area contributed by atoms with E-state index >= 15 is 0 Å². The number of rotatable bonds is 6. The number of halogens is 1. The van der Waals surface area contributed by atoms with Crippen LogP contribution in [0.2, 0.25) is 5.02 Å². The first-order valence-electron chi connectivity index (χ1n) is 9.13. The fraction of sp³-hybridized carbons (Fsp3) is 0.450. The largest absolute Gasteiger partial charge is 0.460 e. The van der Waals surface area contributed by atoms with E-state index < -0.39 is 5.97 Å². The average molecular weight is 390 g/mol. The molecule has 144 valence electrons. The molecule has 1 aliphatic rings. The van der Waals surface area contributed by atoms with Crippen LogP contribution in [0.3, 0.4) is 0 Å². The van der Waals surface area contributed by atoms with Crippen LogP contribution < -0.4 is 0 Å². The van der Waals surface area contributed by atoms with E-state index in [4.69, 9.17) is 21.1 Å². The van der Waals surface area contributed by atoms with Crippen molar-refractivity contribution in [3.05, 3.63) is 46.9 Å². The van der Waals surface area contributed by atoms with Gasteiger partial charge in [-0.25, -0.2) is 14.8 Å². The van der Waals surface area contributed by atoms with Gasteiger partial charge in [0.25, 0.3) is 0 Å². The maximum absolute atomic E-state index is 12.3. The summed E-state index contributed by atoms with van der Waals surface area (Å²) in [4.78, 5) is 22.9. The Bertz CT molecular complexity index is 792. The fourth-order valence-corrected chi connectivity index (χ4v) is 3.27. The summed E-state index contributed by atoms with van der Waals surface area (Å²) in [6, 6.07) is 7.41. The predicted octanol–water partition coefficient (Wildman–Crippen LogP) is 3.41. The van der Waals surface area contributed by atoms with E-state index in [0.717, 1.165) is 42.5 Å². The lowest BCUT2D eigenvalue weighted by molar-refractivity contribution is 0.0193. The minimum Gasteiger partial charge on any atom is -0.460 e. The molecule has 2 heterocycles. The van der Waals surface area contributed by atoms with Crippen LogP contribution in [-0.4, -0.2) is 60.3 Å². The minimum absolute atomic E-state index is 0.253. The number of carbonyl (C=O) groups excluding carboxylic acids is 1. The Hall–Kier alpha value is -2.02. The molecule has 1 saturated heterocycles. The molecule has 0 aliphatic carbocycles. The van der Waals surface area contributed by atoms with Crippen LogP contribution in [0.4, 0.5) is 0 Å². The Kier molecular flexibility index (Phi) is 6.77. The molecule has 0 spiro atoms. The quantitative estimate of drug-likeness (QED) is 0.705. The zero-order valence-corrected chi connectivity index (χ0v) is 16.4. The van der Waals surface area contributed by atoms with Crippen molar-refractivity contribution in [2.75, 3.05) is 39.5 Å². The molecule has 0 saturated carbocycles. The molecule has 0 unspecified atom stereocenters. The number of carbonyl (C=O) groups is 1. The number of hydrogen-bond donors (Lipinski definition) is 0. The molecule has 1 aromatic carbocycles. The molecule has 1 fully saturated rings. The summed E-state index contributed by atoms with van der Waals surface area (Å²) in [5.41, 5.74) is 2.86. The first-order valence-corrected chi connectivity index (χ1v) is 9.51. The van der Waals surface area contributed by atoms with Crippen LogP contribution in [0.1, 0.15) is 35.8 Å². The Morgan fingerprint density at radius 1 is 1.26 bits per heavy atom. The van der Waals surface area contributed by atoms with Crippen molar-refractivity contribution < 1.29 is 14.3 Å². The van der Waals surface area contributed by atoms with Crippen molar-refractivity contribution in [2.24, 2.45) is 0 Å². The smallest absolute Gasteiger partial charge is 0.357 e. The lowest BCUT2D eigenvalue weighted by Gasteiger charge is -2.26. The second kappa shape index (κ2) is 9.26. The Morgan fingerprint density at radius 3 is 2.78 bits per heavy atom. The highest BCUT2D eigenvalue weighted by Crippen LogP contribution is 2.29. The number of esters is 1. The highest BCUT2D eigenvalue weighted by molar-refractivity contribution is 6.31. The molecular formula is C20H24ClN3O3. The number of benzene rings is 1. The lowest BCUT2D eigenvalue weighted by atomic mass is 9.99. The van der Waals surface area contributed by atoms with Crippen molar-refractivity contribution in [1.82, 2.24) is 14.9 Å². The number of nitrogens with zero attached hydrogens (tertiary/aromatic N) is 3. The van der Waals surface area contributed by atoms with E-state index in [1.807, 2.05) is 18.2 Å². The van der Waals surface area contributed by atoms with Crippen LogP contribution in [0, 0.1) is 0 Å². The van der Waals surface area contributed by atoms with Gasteiger partial charge in [-0.15, -0.1) is 0 Å². The van der Waals surface area contributed by atoms with Gasteiger partial charge in [0, 0.05) is 30.2 Å². The number of hydrogen-bond acceptors (Lipinski definition) is 6. The van der Waals surface area contributed by atoms with Gasteiger partial charge >= 0.3 is 5.97 Å². The van der Waals surface area contributed by atoms with Gasteiger partial charge in [-0.2, -0.15) is 0 Å². The molecule has 27 heavy (non-hydrogen) atoms. The van der Waals surface area contributed by atoms with Gasteiger partial charge in [0.1, 0.15) is 12.9 Å². The monoisotopic (exact) mass is 389 g/mol. The normalized spacial score (nSPS) is 15.1. The van der Waals surface area contributed by atoms with Crippen LogP contribution in [0.25, 0.3) is 11.3 Å². The van der Waals surface area contributed by atoms with E-state index in [2.05, 4.69) is 28.7 Å². The number of morpholine rings is 1. The van der Waals surface area contributed by atoms with Crippen molar-refractivity contribution in [2.45, 2.75) is 19.8 Å². The third-order valence-corrected chi connectivity index (χ3v) is 4.88. The first-order chi connectivity index (χ1) is 13.0. The Morgan fingerprint density at radius 2 is 2.04 bits per heavy atom. The summed E-state index contributed by atoms with van der Waals surface area (Å²) in [6.07, 6.45) is 1.39. The highest BCUT2D eigenvalue weighted by Gasteiger charge is 2.15. The van der Waals surface area contributed by atoms with Gasteiger partial charge in [0.05, 0.1) is 18.9 Å². The molecule has 0 amide bonds. The molecule has 1 aromatic heterocycles. The summed E-state index contributed by atoms with van der Waals surface area (Å²) in [6.45, 7) is 8.38. The van der Waals surface area contributed by atoms with Crippen molar-refractivity contribution in [1.29, 1.82) is 0 Å². The third-order valence-electron chi connectivity index (χ3n) is 4.53. The van der Waals surface area contributed by atoms with E-state index in [0.29, 0.717) is 24.8 Å². The molecule has 3 rings (SSSR count). The fourth-order valence-electron chi connectivity index (χ4n) is 2.94. The molecule has 1 aliphatic heterocycles. The molecule has 0 radical (unpaired) electrons. The summed E-state index contributed by atoms with van der Waals surface area (Å²) >= 11 is 6.26. The lowest BCUT2D eigenvalue weighted by Crippen LogP contribution is -2.38. The number of ether oxygens (including phenoxy) is 2. The molecular weight excluding hydrogens is 366 g/mol. The second-order valence-electron chi connectivity index (χ2n) is 6.77. The van der Waals surface area contributed by atoms with E-state index in [1.165, 1.54) is 6.33 Å². The zero-order chi connectivity index (χ0) is 19.2. The van der Waals surface area contributed by atoms with Crippen LogP contribution in [0.15, 0.2) is 30.6 Å². The summed E-state index contributed by atoms with van der Waals surface area (Å²) in [7, 11) is 0. The summed E-state index contributed by atoms with van der Waals surface area (Å²) in [5.74, 6) is -0.145. The average Bonchev–Trinajstić information content (AvgIpc) is 2.69. The van der Waals surface area contributed by atoms with Gasteiger partial charge < -0.3 is 9.47 Å². The second-order valence-corrected chi connectivity index (χ2v) is 7.18.